The summed E-state index contributed by atoms with van der Waals surface area (Å²) in [6, 6.07) is 7.50. The lowest BCUT2D eigenvalue weighted by Gasteiger charge is -2.21. The van der Waals surface area contributed by atoms with Gasteiger partial charge < -0.3 is 0 Å². The van der Waals surface area contributed by atoms with Crippen molar-refractivity contribution in [2.45, 2.75) is 33.6 Å². The standard InChI is InChI=1S/C14H17NO2/c1-4-14(3)9-12(16)15(13(14)17)11-8-6-5-7-10(11)2/h5-8H,4,9H2,1-3H3. The predicted octanol–water partition coefficient (Wildman–Crippen LogP) is 2.67. The highest BCUT2D eigenvalue weighted by Gasteiger charge is 2.47. The summed E-state index contributed by atoms with van der Waals surface area (Å²) in [5.74, 6) is -0.159. The first-order valence-electron chi connectivity index (χ1n) is 5.92. The van der Waals surface area contributed by atoms with E-state index in [0.717, 1.165) is 11.3 Å². The second-order valence-corrected chi connectivity index (χ2v) is 4.91. The second-order valence-electron chi connectivity index (χ2n) is 4.91. The van der Waals surface area contributed by atoms with Gasteiger partial charge in [0.2, 0.25) is 11.8 Å². The van der Waals surface area contributed by atoms with E-state index in [-0.39, 0.29) is 11.8 Å². The van der Waals surface area contributed by atoms with Gasteiger partial charge >= 0.3 is 0 Å². The molecule has 0 bridgehead atoms. The fourth-order valence-electron chi connectivity index (χ4n) is 2.21. The zero-order valence-corrected chi connectivity index (χ0v) is 10.5. The molecule has 1 saturated heterocycles. The minimum absolute atomic E-state index is 0.0701. The van der Waals surface area contributed by atoms with Crippen molar-refractivity contribution in [3.63, 3.8) is 0 Å². The molecule has 1 aliphatic rings. The molecule has 2 rings (SSSR count). The number of para-hydroxylation sites is 1. The van der Waals surface area contributed by atoms with Crippen molar-refractivity contribution in [1.82, 2.24) is 0 Å². The molecule has 1 aromatic carbocycles. The molecule has 1 fully saturated rings. The van der Waals surface area contributed by atoms with Gasteiger partial charge in [0.05, 0.1) is 11.1 Å². The topological polar surface area (TPSA) is 37.4 Å². The summed E-state index contributed by atoms with van der Waals surface area (Å²) < 4.78 is 0. The molecular formula is C14H17NO2. The van der Waals surface area contributed by atoms with E-state index in [1.54, 1.807) is 0 Å². The maximum absolute atomic E-state index is 12.3. The minimum atomic E-state index is -0.528. The van der Waals surface area contributed by atoms with Crippen molar-refractivity contribution in [2.24, 2.45) is 5.41 Å². The maximum atomic E-state index is 12.3. The zero-order chi connectivity index (χ0) is 12.6. The van der Waals surface area contributed by atoms with Gasteiger partial charge in [-0.05, 0) is 25.0 Å². The summed E-state index contributed by atoms with van der Waals surface area (Å²) >= 11 is 0. The normalized spacial score (nSPS) is 24.5. The fourth-order valence-corrected chi connectivity index (χ4v) is 2.21. The van der Waals surface area contributed by atoms with Crippen LogP contribution in [-0.2, 0) is 9.59 Å². The van der Waals surface area contributed by atoms with Gasteiger partial charge in [-0.1, -0.05) is 32.0 Å². The zero-order valence-electron chi connectivity index (χ0n) is 10.5. The molecule has 0 N–H and O–H groups in total. The van der Waals surface area contributed by atoms with E-state index in [1.165, 1.54) is 4.90 Å². The molecule has 0 saturated carbocycles. The summed E-state index contributed by atoms with van der Waals surface area (Å²) in [6.45, 7) is 5.73. The van der Waals surface area contributed by atoms with E-state index in [4.69, 9.17) is 0 Å². The molecule has 90 valence electrons. The fraction of sp³-hybridized carbons (Fsp3) is 0.429. The Labute approximate surface area is 101 Å². The number of benzene rings is 1. The van der Waals surface area contributed by atoms with Crippen molar-refractivity contribution in [1.29, 1.82) is 0 Å². The summed E-state index contributed by atoms with van der Waals surface area (Å²) in [5.41, 5.74) is 1.15. The van der Waals surface area contributed by atoms with Crippen molar-refractivity contribution in [3.05, 3.63) is 29.8 Å². The van der Waals surface area contributed by atoms with E-state index in [2.05, 4.69) is 0 Å². The number of aryl methyl sites for hydroxylation is 1. The molecule has 1 atom stereocenters. The van der Waals surface area contributed by atoms with Crippen molar-refractivity contribution < 1.29 is 9.59 Å². The lowest BCUT2D eigenvalue weighted by molar-refractivity contribution is -0.125. The summed E-state index contributed by atoms with van der Waals surface area (Å²) in [5, 5.41) is 0. The molecule has 1 unspecified atom stereocenters. The average Bonchev–Trinajstić information content (AvgIpc) is 2.52. The highest BCUT2D eigenvalue weighted by molar-refractivity contribution is 6.22. The summed E-state index contributed by atoms with van der Waals surface area (Å²) in [7, 11) is 0. The number of carbonyl (C=O) groups excluding carboxylic acids is 2. The molecule has 1 aromatic rings. The van der Waals surface area contributed by atoms with E-state index in [0.29, 0.717) is 12.8 Å². The van der Waals surface area contributed by atoms with Crippen LogP contribution in [-0.4, -0.2) is 11.8 Å². The third kappa shape index (κ3) is 1.75. The second kappa shape index (κ2) is 3.99. The number of carbonyl (C=O) groups is 2. The Morgan fingerprint density at radius 3 is 2.47 bits per heavy atom. The molecule has 0 radical (unpaired) electrons. The Kier molecular flexibility index (Phi) is 2.77. The van der Waals surface area contributed by atoms with E-state index in [9.17, 15) is 9.59 Å². The Bertz CT molecular complexity index is 481. The van der Waals surface area contributed by atoms with Crippen molar-refractivity contribution in [2.75, 3.05) is 4.90 Å². The molecule has 1 heterocycles. The lowest BCUT2D eigenvalue weighted by atomic mass is 9.86. The quantitative estimate of drug-likeness (QED) is 0.734. The lowest BCUT2D eigenvalue weighted by Crippen LogP contribution is -2.34. The van der Waals surface area contributed by atoms with Gasteiger partial charge in [0.25, 0.3) is 0 Å². The van der Waals surface area contributed by atoms with Gasteiger partial charge in [0.15, 0.2) is 0 Å². The van der Waals surface area contributed by atoms with Crippen LogP contribution in [0.15, 0.2) is 24.3 Å². The first-order chi connectivity index (χ1) is 7.99. The number of nitrogens with zero attached hydrogens (tertiary/aromatic N) is 1. The van der Waals surface area contributed by atoms with Gasteiger partial charge in [-0.3, -0.25) is 9.59 Å². The Morgan fingerprint density at radius 1 is 1.29 bits per heavy atom. The van der Waals surface area contributed by atoms with Gasteiger partial charge in [0.1, 0.15) is 0 Å². The van der Waals surface area contributed by atoms with Crippen LogP contribution >= 0.6 is 0 Å². The molecule has 17 heavy (non-hydrogen) atoms. The molecule has 3 heteroatoms. The van der Waals surface area contributed by atoms with Gasteiger partial charge in [-0.2, -0.15) is 0 Å². The predicted molar refractivity (Wildman–Crippen MR) is 66.7 cm³/mol. The Hall–Kier alpha value is -1.64. The summed E-state index contributed by atoms with van der Waals surface area (Å²) in [6.07, 6.45) is 1.01. The van der Waals surface area contributed by atoms with E-state index >= 15 is 0 Å². The molecule has 2 amide bonds. The monoisotopic (exact) mass is 231 g/mol. The number of amides is 2. The molecule has 3 nitrogen and oxygen atoms in total. The molecule has 1 aliphatic heterocycles. The van der Waals surface area contributed by atoms with Crippen LogP contribution in [0.3, 0.4) is 0 Å². The number of hydrogen-bond acceptors (Lipinski definition) is 2. The highest BCUT2D eigenvalue weighted by atomic mass is 16.2. The van der Waals surface area contributed by atoms with Gasteiger partial charge in [0, 0.05) is 6.42 Å². The van der Waals surface area contributed by atoms with E-state index in [1.807, 2.05) is 45.0 Å². The molecular weight excluding hydrogens is 214 g/mol. The first-order valence-corrected chi connectivity index (χ1v) is 5.92. The SMILES string of the molecule is CCC1(C)CC(=O)N(c2ccccc2C)C1=O. The molecule has 0 aromatic heterocycles. The van der Waals surface area contributed by atoms with Crippen LogP contribution in [0.5, 0.6) is 0 Å². The van der Waals surface area contributed by atoms with Crippen LogP contribution in [0, 0.1) is 12.3 Å². The first kappa shape index (κ1) is 11.8. The van der Waals surface area contributed by atoms with Crippen molar-refractivity contribution in [3.8, 4) is 0 Å². The van der Waals surface area contributed by atoms with Crippen LogP contribution in [0.4, 0.5) is 5.69 Å². The number of rotatable bonds is 2. The van der Waals surface area contributed by atoms with E-state index < -0.39 is 5.41 Å². The van der Waals surface area contributed by atoms with Crippen LogP contribution in [0.2, 0.25) is 0 Å². The Balaban J connectivity index is 2.45. The van der Waals surface area contributed by atoms with Gasteiger partial charge in [-0.25, -0.2) is 4.90 Å². The largest absolute Gasteiger partial charge is 0.274 e. The van der Waals surface area contributed by atoms with Crippen LogP contribution in [0.1, 0.15) is 32.3 Å². The third-order valence-electron chi connectivity index (χ3n) is 3.65. The number of anilines is 1. The Morgan fingerprint density at radius 2 is 1.94 bits per heavy atom. The summed E-state index contributed by atoms with van der Waals surface area (Å²) in [4.78, 5) is 25.7. The average molecular weight is 231 g/mol. The van der Waals surface area contributed by atoms with Gasteiger partial charge in [-0.15, -0.1) is 0 Å². The molecule has 0 spiro atoms. The maximum Gasteiger partial charge on any atom is 0.240 e. The number of imide groups is 1. The molecule has 0 aliphatic carbocycles. The van der Waals surface area contributed by atoms with Crippen LogP contribution in [0.25, 0.3) is 0 Å². The van der Waals surface area contributed by atoms with Crippen LogP contribution < -0.4 is 4.90 Å². The highest BCUT2D eigenvalue weighted by Crippen LogP contribution is 2.38. The third-order valence-corrected chi connectivity index (χ3v) is 3.65. The minimum Gasteiger partial charge on any atom is -0.274 e. The smallest absolute Gasteiger partial charge is 0.240 e. The van der Waals surface area contributed by atoms with Crippen molar-refractivity contribution >= 4 is 17.5 Å². The number of hydrogen-bond donors (Lipinski definition) is 0.